The fourth-order valence-corrected chi connectivity index (χ4v) is 3.52. The summed E-state index contributed by atoms with van der Waals surface area (Å²) in [6.07, 6.45) is -0.903. The SMILES string of the molecule is CC(=O)[C@H](CCN)NC(=O)[C@@H](NC(=O)C1CNCCN1Cc1ccccc1O)[C@H](C)O. The third kappa shape index (κ3) is 7.00. The first-order chi connectivity index (χ1) is 14.7. The van der Waals surface area contributed by atoms with Crippen LogP contribution in [0.2, 0.25) is 0 Å². The number of phenols is 1. The first-order valence-corrected chi connectivity index (χ1v) is 10.5. The van der Waals surface area contributed by atoms with Gasteiger partial charge in [-0.3, -0.25) is 19.3 Å². The molecular formula is C21H33N5O5. The Kier molecular flexibility index (Phi) is 9.38. The van der Waals surface area contributed by atoms with E-state index < -0.39 is 36.0 Å². The number of carbonyl (C=O) groups is 3. The molecule has 1 fully saturated rings. The van der Waals surface area contributed by atoms with Gasteiger partial charge < -0.3 is 31.9 Å². The van der Waals surface area contributed by atoms with Crippen molar-refractivity contribution in [3.63, 3.8) is 0 Å². The normalized spacial score (nSPS) is 19.8. The van der Waals surface area contributed by atoms with Crippen LogP contribution in [0.1, 0.15) is 25.8 Å². The maximum absolute atomic E-state index is 13.0. The zero-order valence-electron chi connectivity index (χ0n) is 18.0. The summed E-state index contributed by atoms with van der Waals surface area (Å²) >= 11 is 0. The zero-order valence-corrected chi connectivity index (χ0v) is 18.0. The van der Waals surface area contributed by atoms with E-state index in [1.165, 1.54) is 13.8 Å². The van der Waals surface area contributed by atoms with Crippen molar-refractivity contribution < 1.29 is 24.6 Å². The Balaban J connectivity index is 2.09. The van der Waals surface area contributed by atoms with Crippen LogP contribution in [0.15, 0.2) is 24.3 Å². The third-order valence-electron chi connectivity index (χ3n) is 5.35. The standard InChI is InChI=1S/C21H33N5O5/c1-13(27)16(7-8-22)24-21(31)19(14(2)28)25-20(30)17-11-23-9-10-26(17)12-15-5-3-4-6-18(15)29/h3-6,14,16-17,19,23,28-29H,7-12,22H2,1-2H3,(H,24,31)(H,25,30)/t14-,16-,17?,19-/m0/s1. The number of hydrogen-bond acceptors (Lipinski definition) is 8. The van der Waals surface area contributed by atoms with E-state index in [2.05, 4.69) is 16.0 Å². The van der Waals surface area contributed by atoms with Gasteiger partial charge in [-0.25, -0.2) is 0 Å². The first kappa shape index (κ1) is 24.7. The van der Waals surface area contributed by atoms with E-state index in [0.29, 0.717) is 31.7 Å². The summed E-state index contributed by atoms with van der Waals surface area (Å²) < 4.78 is 0. The number of hydrogen-bond donors (Lipinski definition) is 6. The lowest BCUT2D eigenvalue weighted by molar-refractivity contribution is -0.136. The highest BCUT2D eigenvalue weighted by molar-refractivity contribution is 5.93. The number of para-hydroxylation sites is 1. The fraction of sp³-hybridized carbons (Fsp3) is 0.571. The molecule has 0 aliphatic carbocycles. The molecule has 0 aromatic heterocycles. The summed E-state index contributed by atoms with van der Waals surface area (Å²) in [5.41, 5.74) is 6.19. The van der Waals surface area contributed by atoms with Gasteiger partial charge in [-0.2, -0.15) is 0 Å². The lowest BCUT2D eigenvalue weighted by Gasteiger charge is -2.36. The van der Waals surface area contributed by atoms with Crippen molar-refractivity contribution in [2.24, 2.45) is 5.73 Å². The molecule has 0 radical (unpaired) electrons. The van der Waals surface area contributed by atoms with Crippen molar-refractivity contribution in [1.29, 1.82) is 0 Å². The first-order valence-electron chi connectivity index (χ1n) is 10.5. The molecule has 31 heavy (non-hydrogen) atoms. The third-order valence-corrected chi connectivity index (χ3v) is 5.35. The van der Waals surface area contributed by atoms with Gasteiger partial charge in [0.25, 0.3) is 0 Å². The van der Waals surface area contributed by atoms with Gasteiger partial charge in [0, 0.05) is 31.7 Å². The Labute approximate surface area is 182 Å². The van der Waals surface area contributed by atoms with E-state index in [-0.39, 0.29) is 24.5 Å². The fourth-order valence-electron chi connectivity index (χ4n) is 3.52. The molecule has 1 saturated heterocycles. The van der Waals surface area contributed by atoms with Crippen molar-refractivity contribution in [2.45, 2.75) is 51.0 Å². The quantitative estimate of drug-likeness (QED) is 0.258. The number of ketones is 1. The number of amides is 2. The van der Waals surface area contributed by atoms with Crippen LogP contribution < -0.4 is 21.7 Å². The number of rotatable bonds is 10. The molecule has 2 amide bonds. The smallest absolute Gasteiger partial charge is 0.245 e. The van der Waals surface area contributed by atoms with Gasteiger partial charge in [0.1, 0.15) is 17.8 Å². The summed E-state index contributed by atoms with van der Waals surface area (Å²) in [6, 6.07) is 4.32. The van der Waals surface area contributed by atoms with Crippen molar-refractivity contribution in [3.05, 3.63) is 29.8 Å². The number of aliphatic hydroxyl groups excluding tert-OH is 1. The predicted molar refractivity (Wildman–Crippen MR) is 115 cm³/mol. The number of aliphatic hydroxyl groups is 1. The molecule has 1 heterocycles. The number of piperazine rings is 1. The maximum Gasteiger partial charge on any atom is 0.245 e. The summed E-state index contributed by atoms with van der Waals surface area (Å²) in [6.45, 7) is 4.93. The van der Waals surface area contributed by atoms with Crippen molar-refractivity contribution in [3.8, 4) is 5.75 Å². The topological polar surface area (TPSA) is 157 Å². The van der Waals surface area contributed by atoms with Crippen LogP contribution >= 0.6 is 0 Å². The largest absolute Gasteiger partial charge is 0.508 e. The van der Waals surface area contributed by atoms with Gasteiger partial charge in [-0.05, 0) is 32.9 Å². The number of benzene rings is 1. The summed E-state index contributed by atoms with van der Waals surface area (Å²) in [5.74, 6) is -1.17. The van der Waals surface area contributed by atoms with E-state index >= 15 is 0 Å². The molecule has 1 aliphatic heterocycles. The molecule has 4 atom stereocenters. The molecule has 10 nitrogen and oxygen atoms in total. The lowest BCUT2D eigenvalue weighted by Crippen LogP contribution is -2.62. The van der Waals surface area contributed by atoms with Crippen molar-refractivity contribution in [2.75, 3.05) is 26.2 Å². The van der Waals surface area contributed by atoms with Crippen LogP contribution in [0.4, 0.5) is 0 Å². The van der Waals surface area contributed by atoms with E-state index in [4.69, 9.17) is 5.73 Å². The monoisotopic (exact) mass is 435 g/mol. The minimum Gasteiger partial charge on any atom is -0.508 e. The zero-order chi connectivity index (χ0) is 23.0. The van der Waals surface area contributed by atoms with Crippen LogP contribution in [0.5, 0.6) is 5.75 Å². The minimum absolute atomic E-state index is 0.150. The van der Waals surface area contributed by atoms with Crippen molar-refractivity contribution >= 4 is 17.6 Å². The second-order valence-corrected chi connectivity index (χ2v) is 7.80. The number of nitrogens with one attached hydrogen (secondary N) is 3. The molecule has 1 aromatic rings. The maximum atomic E-state index is 13.0. The Morgan fingerprint density at radius 1 is 1.29 bits per heavy atom. The second-order valence-electron chi connectivity index (χ2n) is 7.80. The summed E-state index contributed by atoms with van der Waals surface area (Å²) in [5, 5.41) is 28.5. The minimum atomic E-state index is -1.22. The molecular weight excluding hydrogens is 402 g/mol. The molecule has 172 valence electrons. The Morgan fingerprint density at radius 2 is 2.00 bits per heavy atom. The van der Waals surface area contributed by atoms with Crippen LogP contribution in [0.25, 0.3) is 0 Å². The average Bonchev–Trinajstić information content (AvgIpc) is 2.73. The molecule has 1 aliphatic rings. The molecule has 1 unspecified atom stereocenters. The summed E-state index contributed by atoms with van der Waals surface area (Å²) in [7, 11) is 0. The highest BCUT2D eigenvalue weighted by Gasteiger charge is 2.34. The van der Waals surface area contributed by atoms with Gasteiger partial charge in [-0.1, -0.05) is 18.2 Å². The van der Waals surface area contributed by atoms with Crippen LogP contribution in [0, 0.1) is 0 Å². The number of aromatic hydroxyl groups is 1. The van der Waals surface area contributed by atoms with E-state index in [9.17, 15) is 24.6 Å². The van der Waals surface area contributed by atoms with Crippen LogP contribution in [0.3, 0.4) is 0 Å². The summed E-state index contributed by atoms with van der Waals surface area (Å²) in [4.78, 5) is 39.3. The van der Waals surface area contributed by atoms with Crippen LogP contribution in [-0.4, -0.2) is 83.1 Å². The number of carbonyl (C=O) groups excluding carboxylic acids is 3. The molecule has 10 heteroatoms. The average molecular weight is 436 g/mol. The Morgan fingerprint density at radius 3 is 2.61 bits per heavy atom. The lowest BCUT2D eigenvalue weighted by atomic mass is 10.1. The van der Waals surface area contributed by atoms with Gasteiger partial charge in [0.2, 0.25) is 11.8 Å². The highest BCUT2D eigenvalue weighted by Crippen LogP contribution is 2.19. The Hall–Kier alpha value is -2.53. The molecule has 7 N–H and O–H groups in total. The number of nitrogens with two attached hydrogens (primary N) is 1. The molecule has 2 rings (SSSR count). The van der Waals surface area contributed by atoms with Gasteiger partial charge >= 0.3 is 0 Å². The number of Topliss-reactive ketones (excluding diaryl/α,β-unsaturated/α-hetero) is 1. The van der Waals surface area contributed by atoms with Gasteiger partial charge in [0.15, 0.2) is 5.78 Å². The molecule has 1 aromatic carbocycles. The van der Waals surface area contributed by atoms with Gasteiger partial charge in [-0.15, -0.1) is 0 Å². The van der Waals surface area contributed by atoms with E-state index in [1.54, 1.807) is 18.2 Å². The van der Waals surface area contributed by atoms with Crippen LogP contribution in [-0.2, 0) is 20.9 Å². The molecule has 0 saturated carbocycles. The number of nitrogens with zero attached hydrogens (tertiary/aromatic N) is 1. The predicted octanol–water partition coefficient (Wildman–Crippen LogP) is -1.55. The molecule has 0 spiro atoms. The van der Waals surface area contributed by atoms with E-state index in [0.717, 1.165) is 0 Å². The van der Waals surface area contributed by atoms with Gasteiger partial charge in [0.05, 0.1) is 12.1 Å². The molecule has 0 bridgehead atoms. The number of phenolic OH excluding ortho intramolecular Hbond substituents is 1. The second kappa shape index (κ2) is 11.8. The van der Waals surface area contributed by atoms with E-state index in [1.807, 2.05) is 11.0 Å². The highest BCUT2D eigenvalue weighted by atomic mass is 16.3. The van der Waals surface area contributed by atoms with Crippen molar-refractivity contribution in [1.82, 2.24) is 20.9 Å². The Bertz CT molecular complexity index is 772.